The number of hydrogen-bond acceptors (Lipinski definition) is 4. The van der Waals surface area contributed by atoms with Gasteiger partial charge in [0.2, 0.25) is 0 Å². The second-order valence-electron chi connectivity index (χ2n) is 5.24. The number of hydrogen-bond donors (Lipinski definition) is 1. The molecule has 2 heterocycles. The monoisotopic (exact) mass is 315 g/mol. The highest BCUT2D eigenvalue weighted by Gasteiger charge is 2.08. The first kappa shape index (κ1) is 15.5. The largest absolute Gasteiger partial charge is 0.404 e. The highest BCUT2D eigenvalue weighted by molar-refractivity contribution is 6.09. The molecular formula is C19H17N5. The molecule has 0 saturated carbocycles. The van der Waals surface area contributed by atoms with Crippen LogP contribution in [0.2, 0.25) is 0 Å². The van der Waals surface area contributed by atoms with Crippen molar-refractivity contribution >= 4 is 17.3 Å². The Hall–Kier alpha value is -3.39. The lowest BCUT2D eigenvalue weighted by Gasteiger charge is -2.04. The lowest BCUT2D eigenvalue weighted by Crippen LogP contribution is -1.95. The number of nitriles is 1. The number of pyridine rings is 1. The zero-order valence-corrected chi connectivity index (χ0v) is 13.3. The molecule has 5 nitrogen and oxygen atoms in total. The number of fused-ring (bicyclic) bond motifs is 1. The molecule has 0 bridgehead atoms. The van der Waals surface area contributed by atoms with Crippen molar-refractivity contribution in [1.29, 1.82) is 5.26 Å². The molecule has 3 aromatic rings. The Morgan fingerprint density at radius 1 is 1.29 bits per heavy atom. The third-order valence-electron chi connectivity index (χ3n) is 3.77. The average molecular weight is 315 g/mol. The van der Waals surface area contributed by atoms with Gasteiger partial charge in [0.25, 0.3) is 0 Å². The molecule has 1 aromatic carbocycles. The van der Waals surface area contributed by atoms with Crippen LogP contribution < -0.4 is 5.73 Å². The predicted octanol–water partition coefficient (Wildman–Crippen LogP) is 3.26. The van der Waals surface area contributed by atoms with Crippen LogP contribution in [-0.4, -0.2) is 22.4 Å². The van der Waals surface area contributed by atoms with Gasteiger partial charge in [0, 0.05) is 41.9 Å². The third-order valence-corrected chi connectivity index (χ3v) is 3.77. The summed E-state index contributed by atoms with van der Waals surface area (Å²) in [6.07, 6.45) is 7.08. The fourth-order valence-corrected chi connectivity index (χ4v) is 2.51. The van der Waals surface area contributed by atoms with E-state index in [0.717, 1.165) is 27.8 Å². The van der Waals surface area contributed by atoms with E-state index in [1.165, 1.54) is 0 Å². The first-order chi connectivity index (χ1) is 11.8. The zero-order chi connectivity index (χ0) is 16.9. The van der Waals surface area contributed by atoms with E-state index < -0.39 is 0 Å². The number of rotatable bonds is 4. The Bertz CT molecular complexity index is 956. The van der Waals surface area contributed by atoms with Gasteiger partial charge in [0.05, 0.1) is 23.3 Å². The maximum atomic E-state index is 8.91. The smallest absolute Gasteiger partial charge is 0.0991 e. The molecule has 2 N–H and O–H groups in total. The summed E-state index contributed by atoms with van der Waals surface area (Å²) in [5, 5.41) is 13.3. The fraction of sp³-hybridized carbons (Fsp3) is 0.105. The number of allylic oxidation sites excluding steroid dienone is 1. The third kappa shape index (κ3) is 2.90. The minimum Gasteiger partial charge on any atom is -0.404 e. The number of benzene rings is 1. The molecule has 0 unspecified atom stereocenters. The van der Waals surface area contributed by atoms with Crippen molar-refractivity contribution in [2.75, 3.05) is 6.54 Å². The van der Waals surface area contributed by atoms with Gasteiger partial charge in [-0.05, 0) is 30.7 Å². The number of aliphatic imine (C=N–C) groups is 1. The van der Waals surface area contributed by atoms with Crippen molar-refractivity contribution in [2.24, 2.45) is 10.7 Å². The van der Waals surface area contributed by atoms with Crippen LogP contribution in [0.3, 0.4) is 0 Å². The second kappa shape index (κ2) is 6.80. The normalized spacial score (nSPS) is 11.9. The molecule has 0 amide bonds. The maximum absolute atomic E-state index is 8.91. The summed E-state index contributed by atoms with van der Waals surface area (Å²) in [7, 11) is 0. The highest BCUT2D eigenvalue weighted by atomic mass is 15.2. The molecule has 118 valence electrons. The first-order valence-electron chi connectivity index (χ1n) is 7.67. The van der Waals surface area contributed by atoms with Crippen molar-refractivity contribution in [3.63, 3.8) is 0 Å². The van der Waals surface area contributed by atoms with Crippen LogP contribution in [0.15, 0.2) is 60.0 Å². The molecular weight excluding hydrogens is 298 g/mol. The van der Waals surface area contributed by atoms with Gasteiger partial charge in [0.1, 0.15) is 0 Å². The van der Waals surface area contributed by atoms with Crippen LogP contribution >= 0.6 is 0 Å². The quantitative estimate of drug-likeness (QED) is 0.750. The Balaban J connectivity index is 2.02. The van der Waals surface area contributed by atoms with Crippen LogP contribution in [-0.2, 0) is 0 Å². The topological polar surface area (TPSA) is 79.5 Å². The standard InChI is InChI=1S/C19H17N5/c1-2-22-11-17(10-21)16-7-8-19-18(12-23-24(19)13-16)15-5-3-14(9-20)4-6-15/h3-8,10-13H,2,21H2,1H3/b17-10+,22-11?. The maximum Gasteiger partial charge on any atom is 0.0991 e. The van der Waals surface area contributed by atoms with Gasteiger partial charge in [-0.2, -0.15) is 10.4 Å². The molecule has 3 rings (SSSR count). The molecule has 2 aromatic heterocycles. The van der Waals surface area contributed by atoms with Gasteiger partial charge in [-0.15, -0.1) is 0 Å². The summed E-state index contributed by atoms with van der Waals surface area (Å²) in [5.74, 6) is 0. The highest BCUT2D eigenvalue weighted by Crippen LogP contribution is 2.26. The molecule has 0 saturated heterocycles. The van der Waals surface area contributed by atoms with Gasteiger partial charge in [0.15, 0.2) is 0 Å². The molecule has 0 aliphatic rings. The van der Waals surface area contributed by atoms with Gasteiger partial charge >= 0.3 is 0 Å². The molecule has 0 spiro atoms. The zero-order valence-electron chi connectivity index (χ0n) is 13.3. The second-order valence-corrected chi connectivity index (χ2v) is 5.24. The number of aromatic nitrogens is 2. The summed E-state index contributed by atoms with van der Waals surface area (Å²) in [6, 6.07) is 13.6. The SMILES string of the molecule is CCN=C/C(=C\N)c1ccc2c(-c3ccc(C#N)cc3)cnn2c1. The van der Waals surface area contributed by atoms with Crippen LogP contribution in [0.1, 0.15) is 18.1 Å². The van der Waals surface area contributed by atoms with E-state index in [-0.39, 0.29) is 0 Å². The Morgan fingerprint density at radius 3 is 2.75 bits per heavy atom. The van der Waals surface area contributed by atoms with E-state index >= 15 is 0 Å². The van der Waals surface area contributed by atoms with E-state index in [4.69, 9.17) is 11.0 Å². The van der Waals surface area contributed by atoms with Crippen molar-refractivity contribution in [2.45, 2.75) is 6.92 Å². The molecule has 5 heteroatoms. The molecule has 0 atom stereocenters. The minimum atomic E-state index is 0.644. The molecule has 24 heavy (non-hydrogen) atoms. The van der Waals surface area contributed by atoms with Crippen molar-refractivity contribution in [1.82, 2.24) is 9.61 Å². The Labute approximate surface area is 140 Å². The summed E-state index contributed by atoms with van der Waals surface area (Å²) in [5.41, 5.74) is 11.2. The van der Waals surface area contributed by atoms with Crippen LogP contribution in [0.4, 0.5) is 0 Å². The predicted molar refractivity (Wildman–Crippen MR) is 96.5 cm³/mol. The first-order valence-corrected chi connectivity index (χ1v) is 7.67. The van der Waals surface area contributed by atoms with E-state index in [9.17, 15) is 0 Å². The summed E-state index contributed by atoms with van der Waals surface area (Å²) < 4.78 is 1.83. The van der Waals surface area contributed by atoms with Gasteiger partial charge in [-0.25, -0.2) is 4.52 Å². The van der Waals surface area contributed by atoms with Crippen molar-refractivity contribution in [3.05, 3.63) is 66.1 Å². The summed E-state index contributed by atoms with van der Waals surface area (Å²) in [4.78, 5) is 4.24. The summed E-state index contributed by atoms with van der Waals surface area (Å²) >= 11 is 0. The van der Waals surface area contributed by atoms with Crippen LogP contribution in [0, 0.1) is 11.3 Å². The molecule has 0 aliphatic carbocycles. The lowest BCUT2D eigenvalue weighted by atomic mass is 10.0. The van der Waals surface area contributed by atoms with Crippen LogP contribution in [0.25, 0.3) is 22.2 Å². The van der Waals surface area contributed by atoms with E-state index in [1.54, 1.807) is 12.4 Å². The van der Waals surface area contributed by atoms with Crippen LogP contribution in [0.5, 0.6) is 0 Å². The molecule has 0 radical (unpaired) electrons. The van der Waals surface area contributed by atoms with Crippen molar-refractivity contribution in [3.8, 4) is 17.2 Å². The minimum absolute atomic E-state index is 0.644. The van der Waals surface area contributed by atoms with E-state index in [1.807, 2.05) is 60.2 Å². The number of nitrogens with two attached hydrogens (primary N) is 1. The van der Waals surface area contributed by atoms with Gasteiger partial charge in [-0.1, -0.05) is 18.2 Å². The van der Waals surface area contributed by atoms with Gasteiger partial charge in [-0.3, -0.25) is 4.99 Å². The average Bonchev–Trinajstić information content (AvgIpc) is 3.06. The Kier molecular flexibility index (Phi) is 4.39. The van der Waals surface area contributed by atoms with E-state index in [2.05, 4.69) is 16.2 Å². The van der Waals surface area contributed by atoms with Crippen molar-refractivity contribution < 1.29 is 0 Å². The summed E-state index contributed by atoms with van der Waals surface area (Å²) in [6.45, 7) is 2.69. The van der Waals surface area contributed by atoms with E-state index in [0.29, 0.717) is 12.1 Å². The Morgan fingerprint density at radius 2 is 2.08 bits per heavy atom. The number of nitrogens with zero attached hydrogens (tertiary/aromatic N) is 4. The fourth-order valence-electron chi connectivity index (χ4n) is 2.51. The van der Waals surface area contributed by atoms with Gasteiger partial charge < -0.3 is 5.73 Å². The molecule has 0 fully saturated rings. The lowest BCUT2D eigenvalue weighted by molar-refractivity contribution is 0.958. The molecule has 0 aliphatic heterocycles.